The number of fused-ring (bicyclic) bond motifs is 1. The van der Waals surface area contributed by atoms with Crippen molar-refractivity contribution in [1.29, 1.82) is 0 Å². The molecule has 4 rings (SSSR count). The molecule has 0 amide bonds. The second-order valence-electron chi connectivity index (χ2n) is 6.97. The van der Waals surface area contributed by atoms with Gasteiger partial charge in [-0.2, -0.15) is 0 Å². The number of ether oxygens (including phenoxy) is 3. The summed E-state index contributed by atoms with van der Waals surface area (Å²) >= 11 is 0. The van der Waals surface area contributed by atoms with Crippen molar-refractivity contribution >= 4 is 0 Å². The van der Waals surface area contributed by atoms with Crippen molar-refractivity contribution in [1.82, 2.24) is 0 Å². The standard InChI is InChI=1S/C21H22F2O3/c22-18-7-4-16(12-19(18)23)15-2-5-17(6-3-15)25-10-9-24-13-14-1-8-20-21(11-14)26-20/h2-7,12,14,20-21H,1,8-11,13H2. The average molecular weight is 360 g/mol. The maximum Gasteiger partial charge on any atom is 0.159 e. The summed E-state index contributed by atoms with van der Waals surface area (Å²) in [7, 11) is 0. The van der Waals surface area contributed by atoms with Gasteiger partial charge >= 0.3 is 0 Å². The molecule has 2 aromatic carbocycles. The van der Waals surface area contributed by atoms with E-state index in [2.05, 4.69) is 0 Å². The monoisotopic (exact) mass is 360 g/mol. The average Bonchev–Trinajstić information content (AvgIpc) is 3.43. The Bertz CT molecular complexity index is 747. The summed E-state index contributed by atoms with van der Waals surface area (Å²) < 4.78 is 43.3. The zero-order valence-corrected chi connectivity index (χ0v) is 14.5. The second kappa shape index (κ2) is 7.72. The van der Waals surface area contributed by atoms with E-state index in [0.717, 1.165) is 30.4 Å². The normalized spacial score (nSPS) is 24.2. The molecule has 0 radical (unpaired) electrons. The second-order valence-corrected chi connectivity index (χ2v) is 6.97. The van der Waals surface area contributed by atoms with Crippen molar-refractivity contribution in [3.63, 3.8) is 0 Å². The molecule has 0 spiro atoms. The molecule has 1 aliphatic heterocycles. The van der Waals surface area contributed by atoms with Crippen LogP contribution in [0.5, 0.6) is 5.75 Å². The lowest BCUT2D eigenvalue weighted by atomic mass is 9.90. The Labute approximate surface area is 151 Å². The van der Waals surface area contributed by atoms with Crippen molar-refractivity contribution in [2.45, 2.75) is 31.5 Å². The van der Waals surface area contributed by atoms with Crippen LogP contribution in [0.25, 0.3) is 11.1 Å². The van der Waals surface area contributed by atoms with E-state index in [1.54, 1.807) is 6.07 Å². The van der Waals surface area contributed by atoms with Crippen LogP contribution >= 0.6 is 0 Å². The Morgan fingerprint density at radius 1 is 0.885 bits per heavy atom. The smallest absolute Gasteiger partial charge is 0.159 e. The molecular weight excluding hydrogens is 338 g/mol. The van der Waals surface area contributed by atoms with E-state index in [1.165, 1.54) is 18.9 Å². The van der Waals surface area contributed by atoms with Crippen molar-refractivity contribution in [2.75, 3.05) is 19.8 Å². The SMILES string of the molecule is Fc1ccc(-c2ccc(OCCOCC3CCC4OC4C3)cc2)cc1F. The molecule has 1 saturated carbocycles. The quantitative estimate of drug-likeness (QED) is 0.534. The molecule has 0 aromatic heterocycles. The molecular formula is C21H22F2O3. The van der Waals surface area contributed by atoms with E-state index in [0.29, 0.717) is 36.9 Å². The number of hydrogen-bond donors (Lipinski definition) is 0. The fourth-order valence-corrected chi connectivity index (χ4v) is 3.53. The Morgan fingerprint density at radius 3 is 2.46 bits per heavy atom. The lowest BCUT2D eigenvalue weighted by Crippen LogP contribution is -2.19. The van der Waals surface area contributed by atoms with E-state index in [1.807, 2.05) is 24.3 Å². The van der Waals surface area contributed by atoms with Crippen molar-refractivity contribution in [3.05, 3.63) is 54.1 Å². The van der Waals surface area contributed by atoms with Gasteiger partial charge in [-0.1, -0.05) is 18.2 Å². The number of halogens is 2. The highest BCUT2D eigenvalue weighted by atomic mass is 19.2. The maximum absolute atomic E-state index is 13.3. The van der Waals surface area contributed by atoms with Crippen LogP contribution in [0, 0.1) is 17.6 Å². The third-order valence-electron chi connectivity index (χ3n) is 5.07. The van der Waals surface area contributed by atoms with Crippen molar-refractivity contribution in [3.8, 4) is 16.9 Å². The number of hydrogen-bond acceptors (Lipinski definition) is 3. The van der Waals surface area contributed by atoms with Gasteiger partial charge in [0.15, 0.2) is 11.6 Å². The third-order valence-corrected chi connectivity index (χ3v) is 5.07. The third kappa shape index (κ3) is 4.22. The summed E-state index contributed by atoms with van der Waals surface area (Å²) in [6, 6.07) is 11.2. The molecule has 138 valence electrons. The highest BCUT2D eigenvalue weighted by Gasteiger charge is 2.43. The van der Waals surface area contributed by atoms with E-state index in [4.69, 9.17) is 14.2 Å². The summed E-state index contributed by atoms with van der Waals surface area (Å²) in [5.41, 5.74) is 1.44. The van der Waals surface area contributed by atoms with E-state index < -0.39 is 11.6 Å². The first-order valence-electron chi connectivity index (χ1n) is 9.10. The van der Waals surface area contributed by atoms with Crippen LogP contribution in [-0.2, 0) is 9.47 Å². The van der Waals surface area contributed by atoms with Gasteiger partial charge in [-0.15, -0.1) is 0 Å². The summed E-state index contributed by atoms with van der Waals surface area (Å²) in [4.78, 5) is 0. The highest BCUT2D eigenvalue weighted by Crippen LogP contribution is 2.39. The van der Waals surface area contributed by atoms with E-state index >= 15 is 0 Å². The minimum absolute atomic E-state index is 0.486. The van der Waals surface area contributed by atoms with Crippen LogP contribution in [0.15, 0.2) is 42.5 Å². The predicted octanol–water partition coefficient (Wildman–Crippen LogP) is 4.59. The van der Waals surface area contributed by atoms with Gasteiger partial charge in [-0.05, 0) is 60.6 Å². The summed E-state index contributed by atoms with van der Waals surface area (Å²) in [5, 5.41) is 0. The molecule has 3 atom stereocenters. The highest BCUT2D eigenvalue weighted by molar-refractivity contribution is 5.64. The van der Waals surface area contributed by atoms with Crippen molar-refractivity contribution in [2.24, 2.45) is 5.92 Å². The number of benzene rings is 2. The zero-order valence-electron chi connectivity index (χ0n) is 14.5. The topological polar surface area (TPSA) is 31.0 Å². The van der Waals surface area contributed by atoms with Gasteiger partial charge in [-0.25, -0.2) is 8.78 Å². The van der Waals surface area contributed by atoms with Gasteiger partial charge in [0.1, 0.15) is 12.4 Å². The fourth-order valence-electron chi connectivity index (χ4n) is 3.53. The Hall–Kier alpha value is -1.98. The van der Waals surface area contributed by atoms with Gasteiger partial charge in [0.25, 0.3) is 0 Å². The maximum atomic E-state index is 13.3. The van der Waals surface area contributed by atoms with Gasteiger partial charge in [0.05, 0.1) is 18.8 Å². The van der Waals surface area contributed by atoms with Crippen LogP contribution in [0.3, 0.4) is 0 Å². The predicted molar refractivity (Wildman–Crippen MR) is 94.1 cm³/mol. The first-order valence-corrected chi connectivity index (χ1v) is 9.10. The number of epoxide rings is 1. The fraction of sp³-hybridized carbons (Fsp3) is 0.429. The van der Waals surface area contributed by atoms with Gasteiger partial charge in [-0.3, -0.25) is 0 Å². The Balaban J connectivity index is 1.19. The molecule has 0 N–H and O–H groups in total. The van der Waals surface area contributed by atoms with Gasteiger partial charge in [0.2, 0.25) is 0 Å². The molecule has 0 bridgehead atoms. The summed E-state index contributed by atoms with van der Waals surface area (Å²) in [6.07, 6.45) is 4.50. The van der Waals surface area contributed by atoms with Crippen LogP contribution in [0.2, 0.25) is 0 Å². The molecule has 2 fully saturated rings. The van der Waals surface area contributed by atoms with Gasteiger partial charge in [0, 0.05) is 6.61 Å². The molecule has 1 saturated heterocycles. The molecule has 2 aliphatic rings. The van der Waals surface area contributed by atoms with Gasteiger partial charge < -0.3 is 14.2 Å². The van der Waals surface area contributed by atoms with E-state index in [-0.39, 0.29) is 0 Å². The minimum atomic E-state index is -0.846. The molecule has 5 heteroatoms. The molecule has 1 heterocycles. The van der Waals surface area contributed by atoms with Crippen LogP contribution < -0.4 is 4.74 Å². The molecule has 1 aliphatic carbocycles. The molecule has 3 unspecified atom stereocenters. The first kappa shape index (κ1) is 17.4. The first-order chi connectivity index (χ1) is 12.7. The molecule has 26 heavy (non-hydrogen) atoms. The molecule has 2 aromatic rings. The lowest BCUT2D eigenvalue weighted by molar-refractivity contribution is 0.0656. The zero-order chi connectivity index (χ0) is 17.9. The Kier molecular flexibility index (Phi) is 5.18. The van der Waals surface area contributed by atoms with E-state index in [9.17, 15) is 8.78 Å². The van der Waals surface area contributed by atoms with Crippen molar-refractivity contribution < 1.29 is 23.0 Å². The van der Waals surface area contributed by atoms with Crippen LogP contribution in [0.4, 0.5) is 8.78 Å². The molecule has 3 nitrogen and oxygen atoms in total. The Morgan fingerprint density at radius 2 is 1.69 bits per heavy atom. The van der Waals surface area contributed by atoms with Crippen LogP contribution in [0.1, 0.15) is 19.3 Å². The summed E-state index contributed by atoms with van der Waals surface area (Å²) in [6.45, 7) is 1.81. The number of rotatable bonds is 7. The summed E-state index contributed by atoms with van der Waals surface area (Å²) in [5.74, 6) is -0.353. The lowest BCUT2D eigenvalue weighted by Gasteiger charge is -2.18. The minimum Gasteiger partial charge on any atom is -0.491 e. The van der Waals surface area contributed by atoms with Crippen LogP contribution in [-0.4, -0.2) is 32.0 Å². The largest absolute Gasteiger partial charge is 0.491 e.